The van der Waals surface area contributed by atoms with Crippen LogP contribution in [0.3, 0.4) is 0 Å². The number of fused-ring (bicyclic) bond motifs is 2. The number of benzene rings is 1. The fourth-order valence-corrected chi connectivity index (χ4v) is 3.90. The SMILES string of the molecule is O=C(CC1CC2CCC1C2)c1ccc(Br)c(F)c1. The van der Waals surface area contributed by atoms with E-state index in [9.17, 15) is 9.18 Å². The minimum atomic E-state index is -0.353. The first-order valence-electron chi connectivity index (χ1n) is 6.61. The monoisotopic (exact) mass is 310 g/mol. The molecular formula is C15H16BrFO. The Bertz CT molecular complexity index is 485. The molecule has 1 nitrogen and oxygen atoms in total. The minimum absolute atomic E-state index is 0.0963. The van der Waals surface area contributed by atoms with Crippen LogP contribution in [0.2, 0.25) is 0 Å². The van der Waals surface area contributed by atoms with Gasteiger partial charge in [-0.2, -0.15) is 0 Å². The Kier molecular flexibility index (Phi) is 3.27. The number of carbonyl (C=O) groups is 1. The topological polar surface area (TPSA) is 17.1 Å². The van der Waals surface area contributed by atoms with Gasteiger partial charge < -0.3 is 0 Å². The fourth-order valence-electron chi connectivity index (χ4n) is 3.65. The van der Waals surface area contributed by atoms with E-state index in [1.807, 2.05) is 0 Å². The number of rotatable bonds is 3. The van der Waals surface area contributed by atoms with Crippen molar-refractivity contribution in [1.82, 2.24) is 0 Å². The highest BCUT2D eigenvalue weighted by atomic mass is 79.9. The van der Waals surface area contributed by atoms with Crippen LogP contribution in [0, 0.1) is 23.6 Å². The molecule has 0 aliphatic heterocycles. The largest absolute Gasteiger partial charge is 0.294 e. The molecule has 3 atom stereocenters. The molecule has 0 spiro atoms. The summed E-state index contributed by atoms with van der Waals surface area (Å²) in [5, 5.41) is 0. The highest BCUT2D eigenvalue weighted by molar-refractivity contribution is 9.10. The van der Waals surface area contributed by atoms with Crippen LogP contribution in [-0.2, 0) is 0 Å². The summed E-state index contributed by atoms with van der Waals surface area (Å²) in [6.07, 6.45) is 5.75. The van der Waals surface area contributed by atoms with Crippen molar-refractivity contribution in [3.63, 3.8) is 0 Å². The first kappa shape index (κ1) is 12.3. The molecule has 2 aliphatic carbocycles. The van der Waals surface area contributed by atoms with E-state index < -0.39 is 0 Å². The Labute approximate surface area is 115 Å². The van der Waals surface area contributed by atoms with E-state index in [4.69, 9.17) is 0 Å². The van der Waals surface area contributed by atoms with Crippen molar-refractivity contribution >= 4 is 21.7 Å². The molecule has 0 N–H and O–H groups in total. The molecular weight excluding hydrogens is 295 g/mol. The van der Waals surface area contributed by atoms with Gasteiger partial charge in [0.1, 0.15) is 5.82 Å². The summed E-state index contributed by atoms with van der Waals surface area (Å²) in [4.78, 5) is 12.2. The van der Waals surface area contributed by atoms with Crippen molar-refractivity contribution in [3.8, 4) is 0 Å². The number of hydrogen-bond donors (Lipinski definition) is 0. The highest BCUT2D eigenvalue weighted by Crippen LogP contribution is 2.49. The molecule has 1 aromatic carbocycles. The lowest BCUT2D eigenvalue weighted by Gasteiger charge is -2.20. The van der Waals surface area contributed by atoms with Crippen LogP contribution in [0.25, 0.3) is 0 Å². The summed E-state index contributed by atoms with van der Waals surface area (Å²) >= 11 is 3.11. The van der Waals surface area contributed by atoms with E-state index >= 15 is 0 Å². The number of hydrogen-bond acceptors (Lipinski definition) is 1. The maximum absolute atomic E-state index is 13.4. The molecule has 2 saturated carbocycles. The first-order valence-corrected chi connectivity index (χ1v) is 7.41. The van der Waals surface area contributed by atoms with Gasteiger partial charge in [0.15, 0.2) is 5.78 Å². The van der Waals surface area contributed by atoms with Crippen LogP contribution in [0.4, 0.5) is 4.39 Å². The predicted octanol–water partition coefficient (Wildman–Crippen LogP) is 4.60. The van der Waals surface area contributed by atoms with Crippen LogP contribution in [0.15, 0.2) is 22.7 Å². The number of Topliss-reactive ketones (excluding diaryl/α,β-unsaturated/α-hetero) is 1. The third kappa shape index (κ3) is 2.25. The molecule has 18 heavy (non-hydrogen) atoms. The maximum atomic E-state index is 13.4. The van der Waals surface area contributed by atoms with Gasteiger partial charge in [-0.05, 0) is 65.1 Å². The molecule has 0 saturated heterocycles. The molecule has 0 heterocycles. The summed E-state index contributed by atoms with van der Waals surface area (Å²) in [6, 6.07) is 4.67. The molecule has 2 bridgehead atoms. The summed E-state index contributed by atoms with van der Waals surface area (Å²) < 4.78 is 13.8. The minimum Gasteiger partial charge on any atom is -0.294 e. The van der Waals surface area contributed by atoms with E-state index in [2.05, 4.69) is 15.9 Å². The van der Waals surface area contributed by atoms with Gasteiger partial charge in [0, 0.05) is 12.0 Å². The first-order chi connectivity index (χ1) is 8.63. The average Bonchev–Trinajstić information content (AvgIpc) is 2.94. The van der Waals surface area contributed by atoms with Gasteiger partial charge in [-0.1, -0.05) is 12.5 Å². The van der Waals surface area contributed by atoms with E-state index in [-0.39, 0.29) is 11.6 Å². The molecule has 3 heteroatoms. The van der Waals surface area contributed by atoms with Crippen LogP contribution in [0.1, 0.15) is 42.5 Å². The van der Waals surface area contributed by atoms with Crippen LogP contribution < -0.4 is 0 Å². The predicted molar refractivity (Wildman–Crippen MR) is 72.0 cm³/mol. The van der Waals surface area contributed by atoms with Gasteiger partial charge in [-0.25, -0.2) is 4.39 Å². The lowest BCUT2D eigenvalue weighted by Crippen LogP contribution is -2.15. The van der Waals surface area contributed by atoms with Gasteiger partial charge in [-0.15, -0.1) is 0 Å². The summed E-state index contributed by atoms with van der Waals surface area (Å²) in [7, 11) is 0. The Morgan fingerprint density at radius 2 is 2.17 bits per heavy atom. The second kappa shape index (κ2) is 4.76. The average molecular weight is 311 g/mol. The number of carbonyl (C=O) groups excluding carboxylic acids is 1. The molecule has 2 fully saturated rings. The Balaban J connectivity index is 1.69. The van der Waals surface area contributed by atoms with Crippen molar-refractivity contribution in [3.05, 3.63) is 34.1 Å². The van der Waals surface area contributed by atoms with Crippen molar-refractivity contribution in [2.45, 2.75) is 32.1 Å². The molecule has 2 aliphatic rings. The Morgan fingerprint density at radius 3 is 2.78 bits per heavy atom. The lowest BCUT2D eigenvalue weighted by atomic mass is 9.84. The van der Waals surface area contributed by atoms with Crippen LogP contribution in [-0.4, -0.2) is 5.78 Å². The van der Waals surface area contributed by atoms with Gasteiger partial charge in [-0.3, -0.25) is 4.79 Å². The van der Waals surface area contributed by atoms with Crippen molar-refractivity contribution < 1.29 is 9.18 Å². The fraction of sp³-hybridized carbons (Fsp3) is 0.533. The van der Waals surface area contributed by atoms with E-state index in [1.165, 1.54) is 31.7 Å². The molecule has 0 amide bonds. The van der Waals surface area contributed by atoms with Crippen molar-refractivity contribution in [2.75, 3.05) is 0 Å². The van der Waals surface area contributed by atoms with Gasteiger partial charge in [0.25, 0.3) is 0 Å². The highest BCUT2D eigenvalue weighted by Gasteiger charge is 2.40. The van der Waals surface area contributed by atoms with Crippen LogP contribution >= 0.6 is 15.9 Å². The van der Waals surface area contributed by atoms with Gasteiger partial charge in [0.2, 0.25) is 0 Å². The summed E-state index contributed by atoms with van der Waals surface area (Å²) in [6.45, 7) is 0. The third-order valence-electron chi connectivity index (χ3n) is 4.57. The number of halogens is 2. The van der Waals surface area contributed by atoms with Crippen molar-refractivity contribution in [2.24, 2.45) is 17.8 Å². The quantitative estimate of drug-likeness (QED) is 0.746. The molecule has 0 aromatic heterocycles. The van der Waals surface area contributed by atoms with E-state index in [0.717, 1.165) is 11.8 Å². The molecule has 1 aromatic rings. The molecule has 3 unspecified atom stereocenters. The molecule has 96 valence electrons. The smallest absolute Gasteiger partial charge is 0.163 e. The van der Waals surface area contributed by atoms with Crippen molar-refractivity contribution in [1.29, 1.82) is 0 Å². The summed E-state index contributed by atoms with van der Waals surface area (Å²) in [5.41, 5.74) is 0.512. The standard InChI is InChI=1S/C15H16BrFO/c16-13-4-3-11(7-14(13)17)15(18)8-12-6-9-1-2-10(12)5-9/h3-4,7,9-10,12H,1-2,5-6,8H2. The van der Waals surface area contributed by atoms with Gasteiger partial charge >= 0.3 is 0 Å². The van der Waals surface area contributed by atoms with E-state index in [0.29, 0.717) is 22.4 Å². The Hall–Kier alpha value is -0.700. The molecule has 0 radical (unpaired) electrons. The number of ketones is 1. The normalized spacial score (nSPS) is 29.8. The summed E-state index contributed by atoms with van der Waals surface area (Å²) in [5.74, 6) is 1.89. The van der Waals surface area contributed by atoms with E-state index in [1.54, 1.807) is 12.1 Å². The third-order valence-corrected chi connectivity index (χ3v) is 5.22. The van der Waals surface area contributed by atoms with Crippen LogP contribution in [0.5, 0.6) is 0 Å². The zero-order valence-corrected chi connectivity index (χ0v) is 11.7. The lowest BCUT2D eigenvalue weighted by molar-refractivity contribution is 0.0944. The zero-order valence-electron chi connectivity index (χ0n) is 10.2. The second-order valence-corrected chi connectivity index (χ2v) is 6.55. The zero-order chi connectivity index (χ0) is 12.7. The van der Waals surface area contributed by atoms with Gasteiger partial charge in [0.05, 0.1) is 4.47 Å². The maximum Gasteiger partial charge on any atom is 0.163 e. The molecule has 3 rings (SSSR count). The second-order valence-electron chi connectivity index (χ2n) is 5.69. The Morgan fingerprint density at radius 1 is 1.33 bits per heavy atom.